The summed E-state index contributed by atoms with van der Waals surface area (Å²) in [7, 11) is 3.08. The molecule has 2 aliphatic carbocycles. The molecule has 2 fully saturated rings. The van der Waals surface area contributed by atoms with E-state index in [-0.39, 0.29) is 11.7 Å². The number of hydrogen-bond donors (Lipinski definition) is 0. The maximum Gasteiger partial charge on any atom is 0.170 e. The largest absolute Gasteiger partial charge is 0.495 e. The lowest BCUT2D eigenvalue weighted by atomic mass is 10.0. The van der Waals surface area contributed by atoms with Crippen LogP contribution >= 0.6 is 11.6 Å². The fraction of sp³-hybridized carbons (Fsp3) is 0.533. The summed E-state index contributed by atoms with van der Waals surface area (Å²) in [6.07, 6.45) is 3.64. The summed E-state index contributed by atoms with van der Waals surface area (Å²) in [6, 6.07) is 3.50. The van der Waals surface area contributed by atoms with Gasteiger partial charge in [-0.1, -0.05) is 18.0 Å². The van der Waals surface area contributed by atoms with Crippen LogP contribution in [0.3, 0.4) is 0 Å². The maximum atomic E-state index is 12.6. The van der Waals surface area contributed by atoms with E-state index >= 15 is 0 Å². The van der Waals surface area contributed by atoms with Crippen molar-refractivity contribution in [3.8, 4) is 11.5 Å². The second-order valence-electron chi connectivity index (χ2n) is 5.31. The molecular weight excluding hydrogens is 264 g/mol. The van der Waals surface area contributed by atoms with Crippen molar-refractivity contribution in [2.75, 3.05) is 14.2 Å². The Morgan fingerprint density at radius 3 is 2.47 bits per heavy atom. The van der Waals surface area contributed by atoms with Crippen molar-refractivity contribution in [2.45, 2.75) is 19.3 Å². The summed E-state index contributed by atoms with van der Waals surface area (Å²) >= 11 is 6.20. The van der Waals surface area contributed by atoms with Crippen LogP contribution in [0.4, 0.5) is 0 Å². The van der Waals surface area contributed by atoms with Gasteiger partial charge >= 0.3 is 0 Å². The van der Waals surface area contributed by atoms with Gasteiger partial charge in [0.05, 0.1) is 19.8 Å². The number of ketones is 1. The Kier molecular flexibility index (Phi) is 3.17. The summed E-state index contributed by atoms with van der Waals surface area (Å²) < 4.78 is 10.5. The molecule has 0 bridgehead atoms. The van der Waals surface area contributed by atoms with E-state index in [4.69, 9.17) is 21.1 Å². The molecule has 0 saturated heterocycles. The number of halogens is 1. The van der Waals surface area contributed by atoms with Crippen LogP contribution in [-0.2, 0) is 0 Å². The highest BCUT2D eigenvalue weighted by Gasteiger charge is 2.56. The number of benzene rings is 1. The van der Waals surface area contributed by atoms with E-state index in [1.807, 2.05) is 0 Å². The Balaban J connectivity index is 1.92. The highest BCUT2D eigenvalue weighted by molar-refractivity contribution is 6.34. The van der Waals surface area contributed by atoms with Crippen LogP contribution in [0.2, 0.25) is 5.02 Å². The third-order valence-electron chi connectivity index (χ3n) is 4.46. The van der Waals surface area contributed by atoms with Crippen LogP contribution in [0.25, 0.3) is 0 Å². The first-order valence-electron chi connectivity index (χ1n) is 6.63. The van der Waals surface area contributed by atoms with Crippen LogP contribution in [0, 0.1) is 17.8 Å². The number of carbonyl (C=O) groups is 1. The standard InChI is InChI=1S/C15H17ClO3/c1-18-11-7-6-10(15(19-2)13(11)16)14(17)12-8-4-3-5-9(8)12/h6-9,12H,3-5H2,1-2H3. The van der Waals surface area contributed by atoms with Gasteiger partial charge in [-0.3, -0.25) is 4.79 Å². The van der Waals surface area contributed by atoms with Crippen LogP contribution in [0.5, 0.6) is 11.5 Å². The predicted octanol–water partition coefficient (Wildman–Crippen LogP) is 3.59. The highest BCUT2D eigenvalue weighted by atomic mass is 35.5. The molecule has 4 heteroatoms. The first kappa shape index (κ1) is 12.8. The van der Waals surface area contributed by atoms with Gasteiger partial charge in [0.15, 0.2) is 11.5 Å². The molecule has 0 aromatic heterocycles. The third kappa shape index (κ3) is 1.91. The number of carbonyl (C=O) groups excluding carboxylic acids is 1. The Bertz CT molecular complexity index is 516. The number of rotatable bonds is 4. The van der Waals surface area contributed by atoms with Gasteiger partial charge < -0.3 is 9.47 Å². The number of methoxy groups -OCH3 is 2. The quantitative estimate of drug-likeness (QED) is 0.791. The fourth-order valence-electron chi connectivity index (χ4n) is 3.48. The van der Waals surface area contributed by atoms with Crippen LogP contribution in [0.1, 0.15) is 29.6 Å². The minimum absolute atomic E-state index is 0.177. The minimum Gasteiger partial charge on any atom is -0.495 e. The zero-order chi connectivity index (χ0) is 13.6. The monoisotopic (exact) mass is 280 g/mol. The summed E-state index contributed by atoms with van der Waals surface area (Å²) in [5, 5.41) is 0.377. The van der Waals surface area contributed by atoms with Gasteiger partial charge in [-0.2, -0.15) is 0 Å². The first-order chi connectivity index (χ1) is 9.19. The Morgan fingerprint density at radius 2 is 1.89 bits per heavy atom. The molecule has 1 aromatic rings. The molecule has 3 rings (SSSR count). The van der Waals surface area contributed by atoms with Crippen molar-refractivity contribution in [1.82, 2.24) is 0 Å². The lowest BCUT2D eigenvalue weighted by Gasteiger charge is -2.13. The van der Waals surface area contributed by atoms with E-state index in [2.05, 4.69) is 0 Å². The Hall–Kier alpha value is -1.22. The van der Waals surface area contributed by atoms with Crippen molar-refractivity contribution >= 4 is 17.4 Å². The predicted molar refractivity (Wildman–Crippen MR) is 73.2 cm³/mol. The molecule has 1 aromatic carbocycles. The van der Waals surface area contributed by atoms with Crippen LogP contribution < -0.4 is 9.47 Å². The van der Waals surface area contributed by atoms with Crippen LogP contribution in [-0.4, -0.2) is 20.0 Å². The average Bonchev–Trinajstić information content (AvgIpc) is 2.90. The van der Waals surface area contributed by atoms with E-state index in [1.165, 1.54) is 26.4 Å². The van der Waals surface area contributed by atoms with Crippen molar-refractivity contribution in [2.24, 2.45) is 17.8 Å². The van der Waals surface area contributed by atoms with Gasteiger partial charge in [0, 0.05) is 5.92 Å². The van der Waals surface area contributed by atoms with Crippen molar-refractivity contribution in [3.63, 3.8) is 0 Å². The smallest absolute Gasteiger partial charge is 0.170 e. The van der Waals surface area contributed by atoms with E-state index < -0.39 is 0 Å². The molecule has 19 heavy (non-hydrogen) atoms. The summed E-state index contributed by atoms with van der Waals surface area (Å²) in [6.45, 7) is 0. The molecule has 2 atom stereocenters. The highest BCUT2D eigenvalue weighted by Crippen LogP contribution is 2.59. The average molecular weight is 281 g/mol. The Morgan fingerprint density at radius 1 is 1.21 bits per heavy atom. The van der Waals surface area contributed by atoms with Gasteiger partial charge in [-0.15, -0.1) is 0 Å². The lowest BCUT2D eigenvalue weighted by Crippen LogP contribution is -2.08. The number of ether oxygens (including phenoxy) is 2. The van der Waals surface area contributed by atoms with Crippen molar-refractivity contribution < 1.29 is 14.3 Å². The maximum absolute atomic E-state index is 12.6. The molecule has 0 aliphatic heterocycles. The zero-order valence-corrected chi connectivity index (χ0v) is 11.9. The van der Waals surface area contributed by atoms with Crippen LogP contribution in [0.15, 0.2) is 12.1 Å². The number of hydrogen-bond acceptors (Lipinski definition) is 3. The molecule has 102 valence electrons. The lowest BCUT2D eigenvalue weighted by molar-refractivity contribution is 0.0948. The van der Waals surface area contributed by atoms with E-state index in [0.29, 0.717) is 33.9 Å². The SMILES string of the molecule is COc1ccc(C(=O)C2C3CCCC32)c(OC)c1Cl. The molecule has 0 N–H and O–H groups in total. The molecule has 2 saturated carbocycles. The number of Topliss-reactive ketones (excluding diaryl/α,β-unsaturated/α-hetero) is 1. The molecule has 0 heterocycles. The molecule has 2 unspecified atom stereocenters. The number of fused-ring (bicyclic) bond motifs is 1. The zero-order valence-electron chi connectivity index (χ0n) is 11.1. The summed E-state index contributed by atoms with van der Waals surface area (Å²) in [4.78, 5) is 12.6. The second-order valence-corrected chi connectivity index (χ2v) is 5.69. The fourth-order valence-corrected chi connectivity index (χ4v) is 3.80. The molecule has 0 radical (unpaired) electrons. The van der Waals surface area contributed by atoms with Gasteiger partial charge in [-0.05, 0) is 36.8 Å². The van der Waals surface area contributed by atoms with Gasteiger partial charge in [0.25, 0.3) is 0 Å². The molecule has 0 spiro atoms. The molecule has 2 aliphatic rings. The first-order valence-corrected chi connectivity index (χ1v) is 7.01. The van der Waals surface area contributed by atoms with E-state index in [9.17, 15) is 4.79 Å². The molecule has 3 nitrogen and oxygen atoms in total. The van der Waals surface area contributed by atoms with Gasteiger partial charge in [0.2, 0.25) is 0 Å². The second kappa shape index (κ2) is 4.71. The van der Waals surface area contributed by atoms with Gasteiger partial charge in [-0.25, -0.2) is 0 Å². The topological polar surface area (TPSA) is 35.5 Å². The normalized spacial score (nSPS) is 27.8. The summed E-state index contributed by atoms with van der Waals surface area (Å²) in [5.74, 6) is 2.53. The van der Waals surface area contributed by atoms with Gasteiger partial charge in [0.1, 0.15) is 10.8 Å². The summed E-state index contributed by atoms with van der Waals surface area (Å²) in [5.41, 5.74) is 0.590. The minimum atomic E-state index is 0.177. The van der Waals surface area contributed by atoms with Crippen molar-refractivity contribution in [1.29, 1.82) is 0 Å². The van der Waals surface area contributed by atoms with E-state index in [0.717, 1.165) is 0 Å². The molecular formula is C15H17ClO3. The molecule has 0 amide bonds. The third-order valence-corrected chi connectivity index (χ3v) is 4.82. The van der Waals surface area contributed by atoms with Crippen molar-refractivity contribution in [3.05, 3.63) is 22.7 Å². The van der Waals surface area contributed by atoms with E-state index in [1.54, 1.807) is 19.2 Å². The Labute approximate surface area is 117 Å².